The van der Waals surface area contributed by atoms with Crippen molar-refractivity contribution < 1.29 is 19.2 Å². The van der Waals surface area contributed by atoms with Gasteiger partial charge in [-0.1, -0.05) is 24.3 Å². The molecule has 0 fully saturated rings. The van der Waals surface area contributed by atoms with Crippen LogP contribution in [0.2, 0.25) is 0 Å². The number of nitro groups is 1. The van der Waals surface area contributed by atoms with Crippen LogP contribution in [0.25, 0.3) is 0 Å². The highest BCUT2D eigenvalue weighted by atomic mass is 16.6. The second-order valence-electron chi connectivity index (χ2n) is 6.48. The highest BCUT2D eigenvalue weighted by Crippen LogP contribution is 2.35. The summed E-state index contributed by atoms with van der Waals surface area (Å²) in [5, 5.41) is 14.2. The number of nitro benzene ring substituents is 1. The maximum absolute atomic E-state index is 12.7. The second kappa shape index (κ2) is 8.07. The Balaban J connectivity index is 1.82. The molecule has 0 saturated carbocycles. The summed E-state index contributed by atoms with van der Waals surface area (Å²) in [7, 11) is 2.81. The van der Waals surface area contributed by atoms with Crippen molar-refractivity contribution in [2.75, 3.05) is 20.8 Å². The fourth-order valence-corrected chi connectivity index (χ4v) is 3.58. The summed E-state index contributed by atoms with van der Waals surface area (Å²) in [6.07, 6.45) is 3.08. The van der Waals surface area contributed by atoms with Gasteiger partial charge in [-0.2, -0.15) is 0 Å². The summed E-state index contributed by atoms with van der Waals surface area (Å²) in [6, 6.07) is 10.8. The number of fused-ring (bicyclic) bond motifs is 1. The van der Waals surface area contributed by atoms with E-state index in [4.69, 9.17) is 9.47 Å². The molecule has 3 rings (SSSR count). The van der Waals surface area contributed by atoms with Crippen molar-refractivity contribution in [3.63, 3.8) is 0 Å². The molecule has 0 heterocycles. The predicted octanol–water partition coefficient (Wildman–Crippen LogP) is 3.46. The van der Waals surface area contributed by atoms with E-state index in [2.05, 4.69) is 17.4 Å². The summed E-state index contributed by atoms with van der Waals surface area (Å²) in [5.74, 6) is 0.196. The Morgan fingerprint density at radius 3 is 2.63 bits per heavy atom. The number of hydrogen-bond donors (Lipinski definition) is 1. The fraction of sp³-hybridized carbons (Fsp3) is 0.350. The van der Waals surface area contributed by atoms with Crippen LogP contribution in [0.4, 0.5) is 5.69 Å². The standard InChI is InChI=1S/C20H22N2O5/c1-26-18-10-16(17(22(24)25)11-19(18)27-2)20(23)21-12-14-8-5-7-13-6-3-4-9-15(13)14/h3-4,6,9-11,14H,5,7-8,12H2,1-2H3,(H,21,23). The molecule has 2 aromatic carbocycles. The lowest BCUT2D eigenvalue weighted by Gasteiger charge is -2.25. The number of carbonyl (C=O) groups is 1. The van der Waals surface area contributed by atoms with Gasteiger partial charge in [-0.15, -0.1) is 0 Å². The lowest BCUT2D eigenvalue weighted by atomic mass is 9.83. The smallest absolute Gasteiger partial charge is 0.286 e. The van der Waals surface area contributed by atoms with Gasteiger partial charge < -0.3 is 14.8 Å². The van der Waals surface area contributed by atoms with Crippen molar-refractivity contribution in [1.82, 2.24) is 5.32 Å². The van der Waals surface area contributed by atoms with Crippen LogP contribution in [-0.2, 0) is 6.42 Å². The van der Waals surface area contributed by atoms with Gasteiger partial charge in [0.05, 0.1) is 25.2 Å². The molecular formula is C20H22N2O5. The first kappa shape index (κ1) is 18.7. The van der Waals surface area contributed by atoms with Crippen molar-refractivity contribution in [3.05, 3.63) is 63.2 Å². The lowest BCUT2D eigenvalue weighted by Crippen LogP contribution is -2.30. The molecule has 1 atom stereocenters. The Hall–Kier alpha value is -3.09. The molecule has 0 spiro atoms. The lowest BCUT2D eigenvalue weighted by molar-refractivity contribution is -0.385. The maximum atomic E-state index is 12.7. The highest BCUT2D eigenvalue weighted by Gasteiger charge is 2.26. The fourth-order valence-electron chi connectivity index (χ4n) is 3.58. The molecule has 0 radical (unpaired) electrons. The molecular weight excluding hydrogens is 348 g/mol. The molecule has 0 aromatic heterocycles. The first-order valence-electron chi connectivity index (χ1n) is 8.81. The van der Waals surface area contributed by atoms with Crippen LogP contribution in [0.5, 0.6) is 11.5 Å². The minimum Gasteiger partial charge on any atom is -0.493 e. The third kappa shape index (κ3) is 3.86. The van der Waals surface area contributed by atoms with E-state index in [0.717, 1.165) is 19.3 Å². The van der Waals surface area contributed by atoms with Crippen LogP contribution >= 0.6 is 0 Å². The molecule has 1 amide bonds. The number of nitrogens with zero attached hydrogens (tertiary/aromatic N) is 1. The molecule has 0 saturated heterocycles. The van der Waals surface area contributed by atoms with Crippen LogP contribution in [0, 0.1) is 10.1 Å². The van der Waals surface area contributed by atoms with Gasteiger partial charge in [-0.25, -0.2) is 0 Å². The Morgan fingerprint density at radius 1 is 1.22 bits per heavy atom. The molecule has 0 bridgehead atoms. The molecule has 1 unspecified atom stereocenters. The number of rotatable bonds is 6. The van der Waals surface area contributed by atoms with Crippen molar-refractivity contribution >= 4 is 11.6 Å². The number of nitrogens with one attached hydrogen (secondary N) is 1. The molecule has 7 nitrogen and oxygen atoms in total. The zero-order chi connectivity index (χ0) is 19.4. The summed E-state index contributed by atoms with van der Waals surface area (Å²) in [4.78, 5) is 23.5. The normalized spacial score (nSPS) is 15.6. The molecule has 0 aliphatic heterocycles. The van der Waals surface area contributed by atoms with Gasteiger partial charge in [-0.3, -0.25) is 14.9 Å². The second-order valence-corrected chi connectivity index (χ2v) is 6.48. The van der Waals surface area contributed by atoms with Crippen LogP contribution in [0.1, 0.15) is 40.2 Å². The summed E-state index contributed by atoms with van der Waals surface area (Å²) < 4.78 is 10.3. The van der Waals surface area contributed by atoms with E-state index in [9.17, 15) is 14.9 Å². The van der Waals surface area contributed by atoms with Gasteiger partial charge in [0, 0.05) is 18.5 Å². The van der Waals surface area contributed by atoms with E-state index in [-0.39, 0.29) is 28.7 Å². The number of aryl methyl sites for hydroxylation is 1. The van der Waals surface area contributed by atoms with Crippen molar-refractivity contribution in [3.8, 4) is 11.5 Å². The van der Waals surface area contributed by atoms with Gasteiger partial charge in [-0.05, 0) is 30.4 Å². The van der Waals surface area contributed by atoms with E-state index in [1.165, 1.54) is 37.5 Å². The Bertz CT molecular complexity index is 865. The van der Waals surface area contributed by atoms with Crippen LogP contribution < -0.4 is 14.8 Å². The maximum Gasteiger partial charge on any atom is 0.286 e. The van der Waals surface area contributed by atoms with Gasteiger partial charge in [0.1, 0.15) is 5.56 Å². The highest BCUT2D eigenvalue weighted by molar-refractivity contribution is 5.99. The number of benzene rings is 2. The van der Waals surface area contributed by atoms with E-state index in [1.807, 2.05) is 12.1 Å². The van der Waals surface area contributed by atoms with Gasteiger partial charge in [0.25, 0.3) is 11.6 Å². The SMILES string of the molecule is COc1cc(C(=O)NCC2CCCc3ccccc32)c([N+](=O)[O-])cc1OC. The Morgan fingerprint density at radius 2 is 1.93 bits per heavy atom. The number of amides is 1. The monoisotopic (exact) mass is 370 g/mol. The summed E-state index contributed by atoms with van der Waals surface area (Å²) in [6.45, 7) is 0.432. The van der Waals surface area contributed by atoms with Gasteiger partial charge in [0.2, 0.25) is 0 Å². The van der Waals surface area contributed by atoms with Gasteiger partial charge in [0.15, 0.2) is 11.5 Å². The average Bonchev–Trinajstić information content (AvgIpc) is 2.70. The largest absolute Gasteiger partial charge is 0.493 e. The van der Waals surface area contributed by atoms with Crippen LogP contribution in [-0.4, -0.2) is 31.6 Å². The molecule has 1 aliphatic carbocycles. The number of methoxy groups -OCH3 is 2. The first-order valence-corrected chi connectivity index (χ1v) is 8.81. The number of hydrogen-bond acceptors (Lipinski definition) is 5. The zero-order valence-corrected chi connectivity index (χ0v) is 15.4. The molecule has 1 N–H and O–H groups in total. The minimum absolute atomic E-state index is 0.0401. The van der Waals surface area contributed by atoms with E-state index in [1.54, 1.807) is 0 Å². The summed E-state index contributed by atoms with van der Waals surface area (Å²) >= 11 is 0. The van der Waals surface area contributed by atoms with E-state index in [0.29, 0.717) is 6.54 Å². The first-order chi connectivity index (χ1) is 13.0. The quantitative estimate of drug-likeness (QED) is 0.621. The third-order valence-electron chi connectivity index (χ3n) is 4.95. The van der Waals surface area contributed by atoms with Crippen molar-refractivity contribution in [2.24, 2.45) is 0 Å². The van der Waals surface area contributed by atoms with Crippen molar-refractivity contribution in [2.45, 2.75) is 25.2 Å². The molecule has 27 heavy (non-hydrogen) atoms. The molecule has 2 aromatic rings. The van der Waals surface area contributed by atoms with E-state index >= 15 is 0 Å². The third-order valence-corrected chi connectivity index (χ3v) is 4.95. The number of carbonyl (C=O) groups excluding carboxylic acids is 1. The van der Waals surface area contributed by atoms with Crippen molar-refractivity contribution in [1.29, 1.82) is 0 Å². The zero-order valence-electron chi connectivity index (χ0n) is 15.4. The molecule has 1 aliphatic rings. The number of ether oxygens (including phenoxy) is 2. The Labute approximate surface area is 157 Å². The Kier molecular flexibility index (Phi) is 5.59. The minimum atomic E-state index is -0.590. The van der Waals surface area contributed by atoms with Gasteiger partial charge >= 0.3 is 0 Å². The average molecular weight is 370 g/mol. The van der Waals surface area contributed by atoms with Crippen LogP contribution in [0.3, 0.4) is 0 Å². The molecule has 7 heteroatoms. The topological polar surface area (TPSA) is 90.7 Å². The predicted molar refractivity (Wildman–Crippen MR) is 101 cm³/mol. The van der Waals surface area contributed by atoms with Crippen LogP contribution in [0.15, 0.2) is 36.4 Å². The summed E-state index contributed by atoms with van der Waals surface area (Å²) in [5.41, 5.74) is 2.20. The molecule has 142 valence electrons. The van der Waals surface area contributed by atoms with E-state index < -0.39 is 10.8 Å².